The lowest BCUT2D eigenvalue weighted by molar-refractivity contribution is -0.121. The van der Waals surface area contributed by atoms with E-state index in [1.54, 1.807) is 11.8 Å². The van der Waals surface area contributed by atoms with E-state index in [0.29, 0.717) is 17.4 Å². The Kier molecular flexibility index (Phi) is 4.86. The normalized spacial score (nSPS) is 20.5. The summed E-state index contributed by atoms with van der Waals surface area (Å²) in [5.74, 6) is 0.768. The van der Waals surface area contributed by atoms with Crippen molar-refractivity contribution in [1.29, 1.82) is 0 Å². The fraction of sp³-hybridized carbons (Fsp3) is 0.273. The Bertz CT molecular complexity index is 1140. The SMILES string of the molecule is COc1ccccc1[C@H]1C[C@H](c2ccc(Cl)cc2)Nc2nc(N3C(=O)CCC3=O)nn21. The number of hydrogen-bond acceptors (Lipinski definition) is 6. The zero-order valence-electron chi connectivity index (χ0n) is 16.8. The van der Waals surface area contributed by atoms with Crippen LogP contribution in [0.25, 0.3) is 0 Å². The first-order chi connectivity index (χ1) is 15.0. The molecule has 1 aromatic heterocycles. The Labute approximate surface area is 183 Å². The highest BCUT2D eigenvalue weighted by Crippen LogP contribution is 2.41. The number of para-hydroxylation sites is 1. The van der Waals surface area contributed by atoms with E-state index in [2.05, 4.69) is 15.4 Å². The minimum absolute atomic E-state index is 0.0679. The molecule has 0 aliphatic carbocycles. The van der Waals surface area contributed by atoms with Crippen molar-refractivity contribution in [2.75, 3.05) is 17.3 Å². The van der Waals surface area contributed by atoms with Crippen molar-refractivity contribution >= 4 is 35.3 Å². The fourth-order valence-electron chi connectivity index (χ4n) is 4.17. The second-order valence-electron chi connectivity index (χ2n) is 7.54. The molecule has 2 aliphatic rings. The third kappa shape index (κ3) is 3.42. The Morgan fingerprint density at radius 1 is 1.06 bits per heavy atom. The van der Waals surface area contributed by atoms with Crippen LogP contribution < -0.4 is 15.0 Å². The number of amides is 2. The van der Waals surface area contributed by atoms with Gasteiger partial charge < -0.3 is 10.1 Å². The highest BCUT2D eigenvalue weighted by molar-refractivity contribution is 6.30. The van der Waals surface area contributed by atoms with Crippen molar-refractivity contribution in [3.8, 4) is 5.75 Å². The number of benzene rings is 2. The molecule has 2 aromatic carbocycles. The number of rotatable bonds is 4. The van der Waals surface area contributed by atoms with Crippen LogP contribution in [0, 0.1) is 0 Å². The fourth-order valence-corrected chi connectivity index (χ4v) is 4.30. The topological polar surface area (TPSA) is 89.3 Å². The number of nitrogens with one attached hydrogen (secondary N) is 1. The van der Waals surface area contributed by atoms with Crippen LogP contribution in [0.4, 0.5) is 11.9 Å². The van der Waals surface area contributed by atoms with Gasteiger partial charge in [-0.1, -0.05) is 41.9 Å². The molecular formula is C22H20ClN5O3. The number of carbonyl (C=O) groups is 2. The van der Waals surface area contributed by atoms with Crippen LogP contribution in [-0.4, -0.2) is 33.7 Å². The number of hydrogen-bond donors (Lipinski definition) is 1. The summed E-state index contributed by atoms with van der Waals surface area (Å²) in [6.07, 6.45) is 1.03. The number of carbonyl (C=O) groups excluding carboxylic acids is 2. The largest absolute Gasteiger partial charge is 0.496 e. The molecule has 2 amide bonds. The molecular weight excluding hydrogens is 418 g/mol. The molecule has 0 saturated carbocycles. The number of anilines is 2. The summed E-state index contributed by atoms with van der Waals surface area (Å²) in [4.78, 5) is 30.1. The Morgan fingerprint density at radius 3 is 2.48 bits per heavy atom. The van der Waals surface area contributed by atoms with Gasteiger partial charge in [0.15, 0.2) is 0 Å². The van der Waals surface area contributed by atoms with Gasteiger partial charge in [0, 0.05) is 23.4 Å². The van der Waals surface area contributed by atoms with Crippen molar-refractivity contribution in [2.45, 2.75) is 31.3 Å². The summed E-state index contributed by atoms with van der Waals surface area (Å²) >= 11 is 6.07. The lowest BCUT2D eigenvalue weighted by Crippen LogP contribution is -2.30. The number of halogens is 1. The Hall–Kier alpha value is -3.39. The molecule has 158 valence electrons. The third-order valence-corrected chi connectivity index (χ3v) is 5.95. The first-order valence-corrected chi connectivity index (χ1v) is 10.4. The standard InChI is InChI=1S/C22H20ClN5O3/c1-31-18-5-3-2-4-15(18)17-12-16(13-6-8-14(23)9-7-13)24-21-25-22(26-28(17)21)27-19(29)10-11-20(27)30/h2-9,16-17H,10-12H2,1H3,(H,24,25,26)/t16-,17-/m1/s1. The van der Waals surface area contributed by atoms with Gasteiger partial charge in [0.2, 0.25) is 17.8 Å². The van der Waals surface area contributed by atoms with Crippen LogP contribution in [-0.2, 0) is 9.59 Å². The predicted octanol–water partition coefficient (Wildman–Crippen LogP) is 3.74. The van der Waals surface area contributed by atoms with Crippen molar-refractivity contribution in [1.82, 2.24) is 14.8 Å². The number of aromatic nitrogens is 3. The maximum absolute atomic E-state index is 12.2. The van der Waals surface area contributed by atoms with E-state index in [1.807, 2.05) is 48.5 Å². The van der Waals surface area contributed by atoms with Crippen molar-refractivity contribution in [2.24, 2.45) is 0 Å². The van der Waals surface area contributed by atoms with Crippen molar-refractivity contribution in [3.05, 3.63) is 64.7 Å². The molecule has 0 spiro atoms. The van der Waals surface area contributed by atoms with Crippen LogP contribution in [0.15, 0.2) is 48.5 Å². The maximum atomic E-state index is 12.2. The summed E-state index contributed by atoms with van der Waals surface area (Å²) in [7, 11) is 1.63. The zero-order chi connectivity index (χ0) is 21.5. The number of imide groups is 1. The number of ether oxygens (including phenoxy) is 1. The van der Waals surface area contributed by atoms with E-state index < -0.39 is 0 Å². The summed E-state index contributed by atoms with van der Waals surface area (Å²) in [5.41, 5.74) is 2.00. The van der Waals surface area contributed by atoms with E-state index in [-0.39, 0.29) is 42.7 Å². The molecule has 2 atom stereocenters. The van der Waals surface area contributed by atoms with E-state index in [1.165, 1.54) is 0 Å². The summed E-state index contributed by atoms with van der Waals surface area (Å²) in [6, 6.07) is 15.1. The van der Waals surface area contributed by atoms with Gasteiger partial charge in [0.25, 0.3) is 5.95 Å². The van der Waals surface area contributed by atoms with Gasteiger partial charge in [0.05, 0.1) is 19.2 Å². The molecule has 9 heteroatoms. The second-order valence-corrected chi connectivity index (χ2v) is 7.98. The summed E-state index contributed by atoms with van der Waals surface area (Å²) in [5, 5.41) is 8.62. The monoisotopic (exact) mass is 437 g/mol. The lowest BCUT2D eigenvalue weighted by atomic mass is 9.93. The van der Waals surface area contributed by atoms with E-state index >= 15 is 0 Å². The van der Waals surface area contributed by atoms with Gasteiger partial charge in [-0.15, -0.1) is 5.10 Å². The van der Waals surface area contributed by atoms with Gasteiger partial charge in [-0.2, -0.15) is 4.98 Å². The zero-order valence-corrected chi connectivity index (χ0v) is 17.5. The minimum Gasteiger partial charge on any atom is -0.496 e. The van der Waals surface area contributed by atoms with Crippen LogP contribution >= 0.6 is 11.6 Å². The summed E-state index contributed by atoms with van der Waals surface area (Å²) in [6.45, 7) is 0. The molecule has 1 fully saturated rings. The predicted molar refractivity (Wildman–Crippen MR) is 115 cm³/mol. The third-order valence-electron chi connectivity index (χ3n) is 5.70. The molecule has 3 heterocycles. The van der Waals surface area contributed by atoms with Crippen molar-refractivity contribution in [3.63, 3.8) is 0 Å². The molecule has 8 nitrogen and oxygen atoms in total. The van der Waals surface area contributed by atoms with Crippen LogP contribution in [0.3, 0.4) is 0 Å². The Balaban J connectivity index is 1.60. The molecule has 0 radical (unpaired) electrons. The molecule has 1 saturated heterocycles. The molecule has 31 heavy (non-hydrogen) atoms. The van der Waals surface area contributed by atoms with E-state index in [9.17, 15) is 9.59 Å². The molecule has 2 aliphatic heterocycles. The van der Waals surface area contributed by atoms with Crippen LogP contribution in [0.1, 0.15) is 42.5 Å². The van der Waals surface area contributed by atoms with Gasteiger partial charge >= 0.3 is 0 Å². The minimum atomic E-state index is -0.281. The van der Waals surface area contributed by atoms with Gasteiger partial charge in [-0.3, -0.25) is 9.59 Å². The first-order valence-electron chi connectivity index (χ1n) is 10.0. The molecule has 0 bridgehead atoms. The van der Waals surface area contributed by atoms with Gasteiger partial charge in [-0.05, 0) is 30.2 Å². The maximum Gasteiger partial charge on any atom is 0.260 e. The highest BCUT2D eigenvalue weighted by Gasteiger charge is 2.37. The molecule has 0 unspecified atom stereocenters. The van der Waals surface area contributed by atoms with E-state index in [0.717, 1.165) is 21.8 Å². The number of methoxy groups -OCH3 is 1. The number of fused-ring (bicyclic) bond motifs is 1. The van der Waals surface area contributed by atoms with Crippen molar-refractivity contribution < 1.29 is 14.3 Å². The smallest absolute Gasteiger partial charge is 0.260 e. The average Bonchev–Trinajstić information content (AvgIpc) is 3.35. The highest BCUT2D eigenvalue weighted by atomic mass is 35.5. The molecule has 3 aromatic rings. The number of nitrogens with zero attached hydrogens (tertiary/aromatic N) is 4. The second kappa shape index (κ2) is 7.70. The summed E-state index contributed by atoms with van der Waals surface area (Å²) < 4.78 is 7.33. The van der Waals surface area contributed by atoms with Gasteiger partial charge in [-0.25, -0.2) is 9.58 Å². The average molecular weight is 438 g/mol. The van der Waals surface area contributed by atoms with Crippen LogP contribution in [0.2, 0.25) is 5.02 Å². The molecule has 1 N–H and O–H groups in total. The lowest BCUT2D eigenvalue weighted by Gasteiger charge is -2.32. The Morgan fingerprint density at radius 2 is 1.77 bits per heavy atom. The van der Waals surface area contributed by atoms with Crippen LogP contribution in [0.5, 0.6) is 5.75 Å². The van der Waals surface area contributed by atoms with E-state index in [4.69, 9.17) is 16.3 Å². The van der Waals surface area contributed by atoms with Gasteiger partial charge in [0.1, 0.15) is 5.75 Å². The molecule has 5 rings (SSSR count). The quantitative estimate of drug-likeness (QED) is 0.625. The first kappa shape index (κ1) is 19.6.